The minimum Gasteiger partial charge on any atom is -0.264 e. The van der Waals surface area contributed by atoms with Crippen LogP contribution in [0.2, 0.25) is 0 Å². The molecule has 6 aromatic rings. The Balaban J connectivity index is 1.77. The first-order valence-corrected chi connectivity index (χ1v) is 10.6. The van der Waals surface area contributed by atoms with Gasteiger partial charge in [-0.25, -0.2) is 9.97 Å². The summed E-state index contributed by atoms with van der Waals surface area (Å²) in [5, 5.41) is 3.34. The van der Waals surface area contributed by atoms with Crippen LogP contribution in [0.3, 0.4) is 0 Å². The first kappa shape index (κ1) is 18.4. The fourth-order valence-electron chi connectivity index (χ4n) is 4.25. The number of aromatic nitrogens is 3. The minimum atomic E-state index is 0.682. The van der Waals surface area contributed by atoms with Gasteiger partial charge in [-0.3, -0.25) is 4.98 Å². The van der Waals surface area contributed by atoms with Gasteiger partial charge in [-0.2, -0.15) is 0 Å². The molecule has 0 spiro atoms. The predicted molar refractivity (Wildman–Crippen MR) is 131 cm³/mol. The fourth-order valence-corrected chi connectivity index (χ4v) is 4.25. The van der Waals surface area contributed by atoms with E-state index >= 15 is 0 Å². The quantitative estimate of drug-likeness (QED) is 0.291. The smallest absolute Gasteiger partial charge is 0.162 e. The average Bonchev–Trinajstić information content (AvgIpc) is 2.89. The van der Waals surface area contributed by atoms with Crippen LogP contribution >= 0.6 is 0 Å². The molecule has 0 radical (unpaired) electrons. The monoisotopic (exact) mass is 409 g/mol. The van der Waals surface area contributed by atoms with Gasteiger partial charge in [0.15, 0.2) is 5.82 Å². The molecule has 3 nitrogen and oxygen atoms in total. The van der Waals surface area contributed by atoms with Crippen molar-refractivity contribution >= 4 is 21.7 Å². The van der Waals surface area contributed by atoms with Crippen LogP contribution < -0.4 is 0 Å². The maximum absolute atomic E-state index is 5.04. The molecule has 0 amide bonds. The minimum absolute atomic E-state index is 0.682. The Bertz CT molecular complexity index is 1540. The molecule has 0 N–H and O–H groups in total. The third kappa shape index (κ3) is 3.12. The molecule has 2 heterocycles. The van der Waals surface area contributed by atoms with Crippen molar-refractivity contribution in [2.45, 2.75) is 0 Å². The molecule has 0 saturated heterocycles. The highest BCUT2D eigenvalue weighted by Gasteiger charge is 2.16. The van der Waals surface area contributed by atoms with E-state index in [0.717, 1.165) is 33.1 Å². The van der Waals surface area contributed by atoms with Crippen molar-refractivity contribution in [1.29, 1.82) is 0 Å². The summed E-state index contributed by atoms with van der Waals surface area (Å²) in [4.78, 5) is 14.4. The molecular formula is C29H19N3. The van der Waals surface area contributed by atoms with E-state index in [1.54, 1.807) is 6.20 Å². The Hall–Kier alpha value is -4.37. The molecule has 3 heteroatoms. The number of hydrogen-bond donors (Lipinski definition) is 0. The first-order valence-electron chi connectivity index (χ1n) is 10.6. The van der Waals surface area contributed by atoms with Gasteiger partial charge in [0.25, 0.3) is 0 Å². The summed E-state index contributed by atoms with van der Waals surface area (Å²) in [5.74, 6) is 0.682. The molecule has 0 unspecified atom stereocenters. The summed E-state index contributed by atoms with van der Waals surface area (Å²) in [6, 6.07) is 35.5. The SMILES string of the molecule is c1ccc(-c2cc3c(-c4ccccc4)nc(-c4cccnc4)nc3c3ccccc23)cc1. The predicted octanol–water partition coefficient (Wildman–Crippen LogP) is 7.18. The molecule has 0 atom stereocenters. The Kier molecular flexibility index (Phi) is 4.43. The van der Waals surface area contributed by atoms with E-state index in [4.69, 9.17) is 9.97 Å². The summed E-state index contributed by atoms with van der Waals surface area (Å²) in [6.45, 7) is 0. The van der Waals surface area contributed by atoms with Crippen molar-refractivity contribution < 1.29 is 0 Å². The molecule has 0 aliphatic carbocycles. The van der Waals surface area contributed by atoms with Crippen molar-refractivity contribution in [2.24, 2.45) is 0 Å². The Morgan fingerprint density at radius 3 is 1.88 bits per heavy atom. The Morgan fingerprint density at radius 1 is 0.500 bits per heavy atom. The van der Waals surface area contributed by atoms with Crippen molar-refractivity contribution in [3.8, 4) is 33.8 Å². The lowest BCUT2D eigenvalue weighted by Crippen LogP contribution is -1.97. The number of nitrogens with zero attached hydrogens (tertiary/aromatic N) is 3. The van der Waals surface area contributed by atoms with Crippen LogP contribution in [0.25, 0.3) is 55.4 Å². The van der Waals surface area contributed by atoms with E-state index in [9.17, 15) is 0 Å². The van der Waals surface area contributed by atoms with Crippen LogP contribution in [-0.2, 0) is 0 Å². The van der Waals surface area contributed by atoms with Gasteiger partial charge in [0.2, 0.25) is 0 Å². The van der Waals surface area contributed by atoms with Crippen LogP contribution in [0.1, 0.15) is 0 Å². The summed E-state index contributed by atoms with van der Waals surface area (Å²) in [7, 11) is 0. The highest BCUT2D eigenvalue weighted by atomic mass is 14.9. The summed E-state index contributed by atoms with van der Waals surface area (Å²) in [6.07, 6.45) is 3.58. The van der Waals surface area contributed by atoms with Gasteiger partial charge in [0.1, 0.15) is 0 Å². The maximum Gasteiger partial charge on any atom is 0.162 e. The van der Waals surface area contributed by atoms with Gasteiger partial charge >= 0.3 is 0 Å². The zero-order chi connectivity index (χ0) is 21.3. The molecular weight excluding hydrogens is 390 g/mol. The van der Waals surface area contributed by atoms with Gasteiger partial charge in [-0.05, 0) is 34.7 Å². The molecule has 0 saturated carbocycles. The van der Waals surface area contributed by atoms with Crippen LogP contribution in [0.5, 0.6) is 0 Å². The van der Waals surface area contributed by atoms with Crippen LogP contribution in [-0.4, -0.2) is 15.0 Å². The normalized spacial score (nSPS) is 11.1. The average molecular weight is 409 g/mol. The lowest BCUT2D eigenvalue weighted by molar-refractivity contribution is 1.21. The van der Waals surface area contributed by atoms with E-state index in [2.05, 4.69) is 71.7 Å². The molecule has 2 aromatic heterocycles. The van der Waals surface area contributed by atoms with E-state index < -0.39 is 0 Å². The molecule has 0 bridgehead atoms. The molecule has 4 aromatic carbocycles. The summed E-state index contributed by atoms with van der Waals surface area (Å²) >= 11 is 0. The zero-order valence-corrected chi connectivity index (χ0v) is 17.3. The maximum atomic E-state index is 5.04. The largest absolute Gasteiger partial charge is 0.264 e. The van der Waals surface area contributed by atoms with E-state index in [1.165, 1.54) is 16.5 Å². The van der Waals surface area contributed by atoms with Gasteiger partial charge in [0.05, 0.1) is 11.2 Å². The van der Waals surface area contributed by atoms with Gasteiger partial charge in [0, 0.05) is 34.3 Å². The number of fused-ring (bicyclic) bond motifs is 3. The summed E-state index contributed by atoms with van der Waals surface area (Å²) < 4.78 is 0. The Morgan fingerprint density at radius 2 is 1.16 bits per heavy atom. The number of rotatable bonds is 3. The van der Waals surface area contributed by atoms with Crippen molar-refractivity contribution in [1.82, 2.24) is 15.0 Å². The topological polar surface area (TPSA) is 38.7 Å². The second kappa shape index (κ2) is 7.71. The molecule has 150 valence electrons. The third-order valence-corrected chi connectivity index (χ3v) is 5.76. The molecule has 0 fully saturated rings. The van der Waals surface area contributed by atoms with Crippen molar-refractivity contribution in [2.75, 3.05) is 0 Å². The lowest BCUT2D eigenvalue weighted by Gasteiger charge is -2.14. The number of hydrogen-bond acceptors (Lipinski definition) is 3. The first-order chi connectivity index (χ1) is 15.9. The number of pyridine rings is 1. The number of benzene rings is 4. The molecule has 0 aliphatic rings. The molecule has 6 rings (SSSR count). The van der Waals surface area contributed by atoms with Crippen LogP contribution in [0, 0.1) is 0 Å². The highest BCUT2D eigenvalue weighted by Crippen LogP contribution is 2.38. The van der Waals surface area contributed by atoms with E-state index in [-0.39, 0.29) is 0 Å². The highest BCUT2D eigenvalue weighted by molar-refractivity contribution is 6.15. The standard InChI is InChI=1S/C29H19N3/c1-3-10-20(11-4-1)25-18-26-27(21-12-5-2-6-13-21)31-29(22-14-9-17-30-19-22)32-28(26)24-16-8-7-15-23(24)25/h1-19H. The fraction of sp³-hybridized carbons (Fsp3) is 0. The molecule has 0 aliphatic heterocycles. The van der Waals surface area contributed by atoms with Crippen molar-refractivity contribution in [3.05, 3.63) is 116 Å². The second-order valence-corrected chi connectivity index (χ2v) is 7.74. The summed E-state index contributed by atoms with van der Waals surface area (Å²) in [5.41, 5.74) is 6.22. The van der Waals surface area contributed by atoms with Gasteiger partial charge in [-0.1, -0.05) is 84.9 Å². The second-order valence-electron chi connectivity index (χ2n) is 7.74. The van der Waals surface area contributed by atoms with Gasteiger partial charge < -0.3 is 0 Å². The van der Waals surface area contributed by atoms with Crippen LogP contribution in [0.4, 0.5) is 0 Å². The molecule has 32 heavy (non-hydrogen) atoms. The van der Waals surface area contributed by atoms with Gasteiger partial charge in [-0.15, -0.1) is 0 Å². The van der Waals surface area contributed by atoms with Crippen molar-refractivity contribution in [3.63, 3.8) is 0 Å². The third-order valence-electron chi connectivity index (χ3n) is 5.76. The zero-order valence-electron chi connectivity index (χ0n) is 17.3. The van der Waals surface area contributed by atoms with Crippen LogP contribution in [0.15, 0.2) is 116 Å². The van der Waals surface area contributed by atoms with E-state index in [1.807, 2.05) is 42.6 Å². The Labute approximate surface area is 186 Å². The lowest BCUT2D eigenvalue weighted by atomic mass is 9.93. The van der Waals surface area contributed by atoms with E-state index in [0.29, 0.717) is 5.82 Å².